The van der Waals surface area contributed by atoms with Crippen molar-refractivity contribution in [1.29, 1.82) is 0 Å². The van der Waals surface area contributed by atoms with Crippen LogP contribution in [0.3, 0.4) is 0 Å². The summed E-state index contributed by atoms with van der Waals surface area (Å²) in [5.41, 5.74) is 1.45. The second-order valence-electron chi connectivity index (χ2n) is 4.87. The van der Waals surface area contributed by atoms with Gasteiger partial charge in [0.05, 0.1) is 0 Å². The van der Waals surface area contributed by atoms with Gasteiger partial charge in [-0.1, -0.05) is 41.9 Å². The predicted octanol–water partition coefficient (Wildman–Crippen LogP) is 3.79. The summed E-state index contributed by atoms with van der Waals surface area (Å²) in [5, 5.41) is 3.57. The van der Waals surface area contributed by atoms with Gasteiger partial charge in [-0.2, -0.15) is 0 Å². The van der Waals surface area contributed by atoms with Gasteiger partial charge in [0.25, 0.3) is 0 Å². The van der Waals surface area contributed by atoms with Crippen molar-refractivity contribution in [2.75, 3.05) is 19.7 Å². The maximum absolute atomic E-state index is 4.60. The zero-order valence-corrected chi connectivity index (χ0v) is 12.8. The molecule has 1 fully saturated rings. The summed E-state index contributed by atoms with van der Waals surface area (Å²) in [5.74, 6) is 0. The van der Waals surface area contributed by atoms with Crippen LogP contribution in [0.1, 0.15) is 31.2 Å². The van der Waals surface area contributed by atoms with Crippen LogP contribution in [-0.4, -0.2) is 29.2 Å². The summed E-state index contributed by atoms with van der Waals surface area (Å²) in [6.07, 6.45) is 5.12. The summed E-state index contributed by atoms with van der Waals surface area (Å²) >= 11 is 3.16. The van der Waals surface area contributed by atoms with Crippen molar-refractivity contribution in [2.45, 2.75) is 32.2 Å². The van der Waals surface area contributed by atoms with E-state index in [1.165, 1.54) is 37.9 Å². The molecule has 0 radical (unpaired) electrons. The van der Waals surface area contributed by atoms with Crippen molar-refractivity contribution >= 4 is 20.6 Å². The number of hydrogen-bond donors (Lipinski definition) is 0. The fourth-order valence-corrected chi connectivity index (χ4v) is 2.51. The summed E-state index contributed by atoms with van der Waals surface area (Å²) in [4.78, 5) is 7.15. The zero-order valence-electron chi connectivity index (χ0n) is 11.2. The molecule has 0 amide bonds. The summed E-state index contributed by atoms with van der Waals surface area (Å²) < 4.78 is 0.919. The minimum absolute atomic E-state index is 0.737. The highest BCUT2D eigenvalue weighted by Gasteiger charge is 2.09. The Hall–Kier alpha value is -0.870. The Morgan fingerprint density at radius 1 is 1.11 bits per heavy atom. The third-order valence-electron chi connectivity index (χ3n) is 3.26. The van der Waals surface area contributed by atoms with Crippen LogP contribution in [0.4, 0.5) is 0 Å². The number of benzene rings is 1. The first kappa shape index (κ1) is 14.5. The average molecular weight is 325 g/mol. The first-order valence-corrected chi connectivity index (χ1v) is 7.74. The summed E-state index contributed by atoms with van der Waals surface area (Å²) in [7, 11) is 0. The first-order valence-electron chi connectivity index (χ1n) is 6.95. The monoisotopic (exact) mass is 324 g/mol. The Bertz CT molecular complexity index is 388. The topological polar surface area (TPSA) is 24.8 Å². The Morgan fingerprint density at radius 2 is 1.84 bits per heavy atom. The molecule has 3 nitrogen and oxygen atoms in total. The number of halogens is 1. The van der Waals surface area contributed by atoms with Crippen molar-refractivity contribution in [2.24, 2.45) is 5.16 Å². The highest BCUT2D eigenvalue weighted by molar-refractivity contribution is 9.18. The van der Waals surface area contributed by atoms with E-state index in [4.69, 9.17) is 0 Å². The highest BCUT2D eigenvalue weighted by atomic mass is 79.9. The molecule has 0 bridgehead atoms. The van der Waals surface area contributed by atoms with Crippen molar-refractivity contribution in [3.63, 3.8) is 0 Å². The smallest absolute Gasteiger partial charge is 0.126 e. The van der Waals surface area contributed by atoms with Gasteiger partial charge in [0.1, 0.15) is 11.2 Å². The number of oxime groups is 1. The van der Waals surface area contributed by atoms with Crippen molar-refractivity contribution in [3.8, 4) is 0 Å². The predicted molar refractivity (Wildman–Crippen MR) is 82.5 cm³/mol. The molecular weight excluding hydrogens is 304 g/mol. The fraction of sp³-hybridized carbons (Fsp3) is 0.533. The van der Waals surface area contributed by atoms with Gasteiger partial charge in [0.2, 0.25) is 0 Å². The number of nitrogens with zero attached hydrogens (tertiary/aromatic N) is 2. The van der Waals surface area contributed by atoms with E-state index in [1.54, 1.807) is 0 Å². The summed E-state index contributed by atoms with van der Waals surface area (Å²) in [6, 6.07) is 10.8. The Balaban J connectivity index is 0.000000186. The molecule has 2 aliphatic rings. The fourth-order valence-electron chi connectivity index (χ4n) is 2.25. The maximum atomic E-state index is 4.60. The molecule has 1 aromatic carbocycles. The van der Waals surface area contributed by atoms with Crippen LogP contribution in [0.15, 0.2) is 35.5 Å². The molecule has 0 unspecified atom stereocenters. The lowest BCUT2D eigenvalue weighted by Gasteiger charge is -2.26. The molecule has 0 atom stereocenters. The molecule has 104 valence electrons. The van der Waals surface area contributed by atoms with Gasteiger partial charge in [-0.05, 0) is 47.4 Å². The second kappa shape index (κ2) is 8.33. The van der Waals surface area contributed by atoms with Crippen molar-refractivity contribution in [1.82, 2.24) is 4.90 Å². The van der Waals surface area contributed by atoms with Crippen molar-refractivity contribution < 1.29 is 4.84 Å². The Morgan fingerprint density at radius 3 is 2.37 bits per heavy atom. The zero-order chi connectivity index (χ0) is 13.3. The molecule has 1 saturated heterocycles. The highest BCUT2D eigenvalue weighted by Crippen LogP contribution is 2.12. The largest absolute Gasteiger partial charge is 0.395 e. The number of hydrogen-bond acceptors (Lipinski definition) is 3. The Kier molecular flexibility index (Phi) is 6.37. The number of rotatable bonds is 2. The maximum Gasteiger partial charge on any atom is 0.126 e. The molecular formula is C15H21BrN2O. The van der Waals surface area contributed by atoms with E-state index in [0.29, 0.717) is 0 Å². The van der Waals surface area contributed by atoms with Crippen LogP contribution in [0.25, 0.3) is 0 Å². The lowest BCUT2D eigenvalue weighted by atomic mass is 10.1. The van der Waals surface area contributed by atoms with E-state index in [9.17, 15) is 0 Å². The molecule has 4 heteroatoms. The lowest BCUT2D eigenvalue weighted by molar-refractivity contribution is 0.174. The second-order valence-corrected chi connectivity index (χ2v) is 5.79. The third kappa shape index (κ3) is 5.74. The van der Waals surface area contributed by atoms with E-state index in [2.05, 4.69) is 61.2 Å². The van der Waals surface area contributed by atoms with E-state index in [1.807, 2.05) is 0 Å². The standard InChI is InChI=1S/C12H17N.C3H4BrNO/c1-3-7-12(8-4-1)11-13-9-5-2-6-10-13;4-3-1-2-6-5-3/h1,3-4,7-8H,2,5-6,9-11H2;1-2H2. The SMILES string of the molecule is BrC1=NOCC1.c1ccc(CN2CCCCC2)cc1. The molecule has 0 N–H and O–H groups in total. The van der Waals surface area contributed by atoms with Gasteiger partial charge in [-0.3, -0.25) is 4.90 Å². The van der Waals surface area contributed by atoms with Gasteiger partial charge < -0.3 is 4.84 Å². The van der Waals surface area contributed by atoms with Crippen molar-refractivity contribution in [3.05, 3.63) is 35.9 Å². The molecule has 2 heterocycles. The van der Waals surface area contributed by atoms with Gasteiger partial charge in [0, 0.05) is 13.0 Å². The van der Waals surface area contributed by atoms with E-state index in [0.717, 1.165) is 24.2 Å². The third-order valence-corrected chi connectivity index (χ3v) is 3.80. The quantitative estimate of drug-likeness (QED) is 0.826. The van der Waals surface area contributed by atoms with Gasteiger partial charge >= 0.3 is 0 Å². The van der Waals surface area contributed by atoms with Gasteiger partial charge in [-0.15, -0.1) is 0 Å². The Labute approximate surface area is 123 Å². The minimum atomic E-state index is 0.737. The molecule has 0 saturated carbocycles. The summed E-state index contributed by atoms with van der Waals surface area (Å²) in [6.45, 7) is 4.45. The molecule has 0 aliphatic carbocycles. The van der Waals surface area contributed by atoms with Crippen LogP contribution in [0.5, 0.6) is 0 Å². The molecule has 2 aliphatic heterocycles. The van der Waals surface area contributed by atoms with Crippen LogP contribution < -0.4 is 0 Å². The van der Waals surface area contributed by atoms with Gasteiger partial charge in [0.15, 0.2) is 0 Å². The average Bonchev–Trinajstić information content (AvgIpc) is 2.93. The van der Waals surface area contributed by atoms with Crippen LogP contribution in [-0.2, 0) is 11.4 Å². The van der Waals surface area contributed by atoms with Gasteiger partial charge in [-0.25, -0.2) is 0 Å². The minimum Gasteiger partial charge on any atom is -0.395 e. The first-order chi connectivity index (χ1) is 9.34. The van der Waals surface area contributed by atoms with E-state index < -0.39 is 0 Å². The lowest BCUT2D eigenvalue weighted by Crippen LogP contribution is -2.28. The van der Waals surface area contributed by atoms with E-state index in [-0.39, 0.29) is 0 Å². The normalized spacial score (nSPS) is 19.1. The molecule has 1 aromatic rings. The number of piperidine rings is 1. The molecule has 0 spiro atoms. The molecule has 19 heavy (non-hydrogen) atoms. The molecule has 3 rings (SSSR count). The number of likely N-dealkylation sites (tertiary alicyclic amines) is 1. The van der Waals surface area contributed by atoms with E-state index >= 15 is 0 Å². The van der Waals surface area contributed by atoms with Crippen LogP contribution in [0, 0.1) is 0 Å². The van der Waals surface area contributed by atoms with Crippen LogP contribution in [0.2, 0.25) is 0 Å². The molecule has 0 aromatic heterocycles. The van der Waals surface area contributed by atoms with Crippen LogP contribution >= 0.6 is 15.9 Å².